The molecule has 0 rings (SSSR count). The van der Waals surface area contributed by atoms with Gasteiger partial charge in [-0.15, -0.1) is 0 Å². The van der Waals surface area contributed by atoms with Gasteiger partial charge in [0.05, 0.1) is 0 Å². The van der Waals surface area contributed by atoms with Crippen LogP contribution in [0.1, 0.15) is 27.2 Å². The normalized spacial score (nSPS) is 13.9. The summed E-state index contributed by atoms with van der Waals surface area (Å²) in [6, 6.07) is -0.824. The van der Waals surface area contributed by atoms with Gasteiger partial charge in [0.15, 0.2) is 0 Å². The molecule has 5 heteroatoms. The van der Waals surface area contributed by atoms with E-state index in [-0.39, 0.29) is 0 Å². The van der Waals surface area contributed by atoms with E-state index < -0.39 is 16.8 Å². The SMILES string of the molecule is CCOCCCSC(C)(C)[C@@H](N)C(=O)O. The van der Waals surface area contributed by atoms with Gasteiger partial charge in [-0.25, -0.2) is 0 Å². The molecular weight excluding hydrogens is 214 g/mol. The predicted octanol–water partition coefficient (Wildman–Crippen LogP) is 1.34. The summed E-state index contributed by atoms with van der Waals surface area (Å²) in [6.45, 7) is 7.12. The number of carboxylic acids is 1. The number of hydrogen-bond donors (Lipinski definition) is 2. The van der Waals surface area contributed by atoms with E-state index in [1.807, 2.05) is 20.8 Å². The van der Waals surface area contributed by atoms with Crippen molar-refractivity contribution in [2.24, 2.45) is 5.73 Å². The molecule has 0 unspecified atom stereocenters. The number of aliphatic carboxylic acids is 1. The number of carboxylic acid groups (broad SMARTS) is 1. The highest BCUT2D eigenvalue weighted by Crippen LogP contribution is 2.27. The second kappa shape index (κ2) is 7.09. The van der Waals surface area contributed by atoms with Gasteiger partial charge in [0.2, 0.25) is 0 Å². The fraction of sp³-hybridized carbons (Fsp3) is 0.900. The van der Waals surface area contributed by atoms with Crippen molar-refractivity contribution in [1.82, 2.24) is 0 Å². The second-order valence-corrected chi connectivity index (χ2v) is 5.57. The van der Waals surface area contributed by atoms with Crippen LogP contribution in [0.3, 0.4) is 0 Å². The molecule has 0 saturated carbocycles. The lowest BCUT2D eigenvalue weighted by Gasteiger charge is -2.27. The third-order valence-corrected chi connectivity index (χ3v) is 3.62. The Morgan fingerprint density at radius 3 is 2.67 bits per heavy atom. The first-order chi connectivity index (χ1) is 6.91. The van der Waals surface area contributed by atoms with Crippen LogP contribution >= 0.6 is 11.8 Å². The molecule has 0 aromatic rings. The molecular formula is C10H21NO3S. The van der Waals surface area contributed by atoms with Crippen LogP contribution in [0, 0.1) is 0 Å². The average molecular weight is 235 g/mol. The lowest BCUT2D eigenvalue weighted by Crippen LogP contribution is -2.46. The largest absolute Gasteiger partial charge is 0.480 e. The Morgan fingerprint density at radius 1 is 1.60 bits per heavy atom. The van der Waals surface area contributed by atoms with Crippen molar-refractivity contribution in [2.75, 3.05) is 19.0 Å². The van der Waals surface area contributed by atoms with Crippen LogP contribution in [0.25, 0.3) is 0 Å². The van der Waals surface area contributed by atoms with Crippen LogP contribution < -0.4 is 5.73 Å². The Kier molecular flexibility index (Phi) is 6.96. The minimum atomic E-state index is -0.947. The van der Waals surface area contributed by atoms with E-state index in [0.717, 1.165) is 25.4 Å². The second-order valence-electron chi connectivity index (χ2n) is 3.82. The van der Waals surface area contributed by atoms with E-state index in [9.17, 15) is 4.79 Å². The average Bonchev–Trinajstić information content (AvgIpc) is 2.16. The summed E-state index contributed by atoms with van der Waals surface area (Å²) in [4.78, 5) is 10.7. The van der Waals surface area contributed by atoms with E-state index in [1.165, 1.54) is 0 Å². The molecule has 0 saturated heterocycles. The zero-order valence-electron chi connectivity index (χ0n) is 9.66. The maximum Gasteiger partial charge on any atom is 0.321 e. The van der Waals surface area contributed by atoms with Gasteiger partial charge in [-0.1, -0.05) is 0 Å². The number of thioether (sulfide) groups is 1. The van der Waals surface area contributed by atoms with E-state index in [1.54, 1.807) is 11.8 Å². The molecule has 0 aromatic heterocycles. The highest BCUT2D eigenvalue weighted by Gasteiger charge is 2.32. The third-order valence-electron chi connectivity index (χ3n) is 2.13. The quantitative estimate of drug-likeness (QED) is 0.621. The topological polar surface area (TPSA) is 72.5 Å². The first-order valence-electron chi connectivity index (χ1n) is 5.12. The third kappa shape index (κ3) is 6.02. The van der Waals surface area contributed by atoms with Crippen molar-refractivity contribution >= 4 is 17.7 Å². The van der Waals surface area contributed by atoms with Gasteiger partial charge >= 0.3 is 5.97 Å². The molecule has 0 aromatic carbocycles. The van der Waals surface area contributed by atoms with Crippen molar-refractivity contribution in [3.05, 3.63) is 0 Å². The van der Waals surface area contributed by atoms with Crippen LogP contribution in [-0.2, 0) is 9.53 Å². The van der Waals surface area contributed by atoms with Crippen molar-refractivity contribution < 1.29 is 14.6 Å². The fourth-order valence-corrected chi connectivity index (χ4v) is 2.10. The maximum absolute atomic E-state index is 10.7. The summed E-state index contributed by atoms with van der Waals surface area (Å²) >= 11 is 1.58. The molecule has 0 bridgehead atoms. The smallest absolute Gasteiger partial charge is 0.321 e. The van der Waals surface area contributed by atoms with Gasteiger partial charge in [0.25, 0.3) is 0 Å². The maximum atomic E-state index is 10.7. The summed E-state index contributed by atoms with van der Waals surface area (Å²) in [6.07, 6.45) is 0.925. The molecule has 90 valence electrons. The highest BCUT2D eigenvalue weighted by atomic mass is 32.2. The first-order valence-corrected chi connectivity index (χ1v) is 6.10. The lowest BCUT2D eigenvalue weighted by molar-refractivity contribution is -0.139. The summed E-state index contributed by atoms with van der Waals surface area (Å²) < 4.78 is 4.76. The summed E-state index contributed by atoms with van der Waals surface area (Å²) in [5, 5.41) is 8.80. The monoisotopic (exact) mass is 235 g/mol. The van der Waals surface area contributed by atoms with Crippen LogP contribution in [0.2, 0.25) is 0 Å². The zero-order chi connectivity index (χ0) is 11.9. The Balaban J connectivity index is 3.78. The van der Waals surface area contributed by atoms with E-state index in [4.69, 9.17) is 15.6 Å². The summed E-state index contributed by atoms with van der Waals surface area (Å²) in [5.74, 6) is -0.0779. The molecule has 0 spiro atoms. The molecule has 0 amide bonds. The van der Waals surface area contributed by atoms with Crippen LogP contribution in [-0.4, -0.2) is 40.8 Å². The molecule has 0 heterocycles. The molecule has 0 aliphatic carbocycles. The molecule has 15 heavy (non-hydrogen) atoms. The van der Waals surface area contributed by atoms with Crippen molar-refractivity contribution in [3.63, 3.8) is 0 Å². The first kappa shape index (κ1) is 14.7. The van der Waals surface area contributed by atoms with Crippen LogP contribution in [0.4, 0.5) is 0 Å². The zero-order valence-corrected chi connectivity index (χ0v) is 10.5. The summed E-state index contributed by atoms with van der Waals surface area (Å²) in [7, 11) is 0. The Bertz CT molecular complexity index is 197. The number of nitrogens with two attached hydrogens (primary N) is 1. The minimum Gasteiger partial charge on any atom is -0.480 e. The van der Waals surface area contributed by atoms with E-state index in [2.05, 4.69) is 0 Å². The van der Waals surface area contributed by atoms with E-state index >= 15 is 0 Å². The molecule has 3 N–H and O–H groups in total. The van der Waals surface area contributed by atoms with Gasteiger partial charge in [0.1, 0.15) is 6.04 Å². The molecule has 0 radical (unpaired) electrons. The molecule has 0 aliphatic rings. The lowest BCUT2D eigenvalue weighted by atomic mass is 10.1. The fourth-order valence-electron chi connectivity index (χ4n) is 1.03. The van der Waals surface area contributed by atoms with Gasteiger partial charge in [-0.05, 0) is 32.9 Å². The molecule has 4 nitrogen and oxygen atoms in total. The number of hydrogen-bond acceptors (Lipinski definition) is 4. The highest BCUT2D eigenvalue weighted by molar-refractivity contribution is 8.00. The van der Waals surface area contributed by atoms with Gasteiger partial charge in [0, 0.05) is 18.0 Å². The molecule has 0 fully saturated rings. The minimum absolute atomic E-state index is 0.432. The van der Waals surface area contributed by atoms with Crippen molar-refractivity contribution in [1.29, 1.82) is 0 Å². The number of carbonyl (C=O) groups is 1. The Labute approximate surface area is 95.6 Å². The summed E-state index contributed by atoms with van der Waals surface area (Å²) in [5.41, 5.74) is 5.58. The van der Waals surface area contributed by atoms with E-state index in [0.29, 0.717) is 0 Å². The van der Waals surface area contributed by atoms with Crippen LogP contribution in [0.5, 0.6) is 0 Å². The van der Waals surface area contributed by atoms with Gasteiger partial charge in [-0.3, -0.25) is 4.79 Å². The standard InChI is InChI=1S/C10H21NO3S/c1-4-14-6-5-7-15-10(2,3)8(11)9(12)13/h8H,4-7,11H2,1-3H3,(H,12,13)/t8-/m0/s1. The van der Waals surface area contributed by atoms with Gasteiger partial charge in [-0.2, -0.15) is 11.8 Å². The Morgan fingerprint density at radius 2 is 2.20 bits per heavy atom. The number of rotatable bonds is 8. The number of ether oxygens (including phenoxy) is 1. The molecule has 0 aliphatic heterocycles. The van der Waals surface area contributed by atoms with Crippen molar-refractivity contribution in [3.8, 4) is 0 Å². The van der Waals surface area contributed by atoms with Gasteiger partial charge < -0.3 is 15.6 Å². The predicted molar refractivity (Wildman–Crippen MR) is 63.3 cm³/mol. The Hall–Kier alpha value is -0.260. The van der Waals surface area contributed by atoms with Crippen molar-refractivity contribution in [2.45, 2.75) is 38.0 Å². The molecule has 1 atom stereocenters. The van der Waals surface area contributed by atoms with Crippen LogP contribution in [0.15, 0.2) is 0 Å².